The van der Waals surface area contributed by atoms with E-state index in [0.717, 1.165) is 18.4 Å². The first-order chi connectivity index (χ1) is 5.54. The first-order valence-electron chi connectivity index (χ1n) is 4.77. The molecule has 1 aliphatic carbocycles. The molecule has 1 aliphatic rings. The number of ketones is 1. The van der Waals surface area contributed by atoms with Crippen molar-refractivity contribution in [1.82, 2.24) is 0 Å². The molecule has 0 spiro atoms. The quantitative estimate of drug-likeness (QED) is 0.547. The van der Waals surface area contributed by atoms with E-state index in [9.17, 15) is 4.79 Å². The highest BCUT2D eigenvalue weighted by Crippen LogP contribution is 2.32. The summed E-state index contributed by atoms with van der Waals surface area (Å²) in [6, 6.07) is 0. The summed E-state index contributed by atoms with van der Waals surface area (Å²) >= 11 is 0. The number of allylic oxidation sites excluding steroid dienone is 1. The van der Waals surface area contributed by atoms with Crippen LogP contribution in [-0.2, 0) is 4.79 Å². The van der Waals surface area contributed by atoms with Crippen LogP contribution in [0.1, 0.15) is 33.6 Å². The van der Waals surface area contributed by atoms with Crippen LogP contribution in [0.5, 0.6) is 0 Å². The maximum atomic E-state index is 11.7. The molecule has 1 saturated carbocycles. The Morgan fingerprint density at radius 1 is 1.42 bits per heavy atom. The Bertz CT molecular complexity index is 203. The molecule has 12 heavy (non-hydrogen) atoms. The topological polar surface area (TPSA) is 17.1 Å². The number of hydrogen-bond acceptors (Lipinski definition) is 1. The van der Waals surface area contributed by atoms with E-state index in [4.69, 9.17) is 0 Å². The van der Waals surface area contributed by atoms with Gasteiger partial charge in [-0.05, 0) is 30.3 Å². The van der Waals surface area contributed by atoms with Gasteiger partial charge in [-0.3, -0.25) is 4.79 Å². The summed E-state index contributed by atoms with van der Waals surface area (Å²) in [5.41, 5.74) is 0.847. The van der Waals surface area contributed by atoms with E-state index in [-0.39, 0.29) is 5.92 Å². The van der Waals surface area contributed by atoms with E-state index < -0.39 is 0 Å². The largest absolute Gasteiger partial charge is 0.294 e. The fourth-order valence-corrected chi connectivity index (χ4v) is 1.85. The van der Waals surface area contributed by atoms with E-state index in [1.54, 1.807) is 0 Å². The summed E-state index contributed by atoms with van der Waals surface area (Å²) in [6.07, 6.45) is 2.18. The van der Waals surface area contributed by atoms with Crippen LogP contribution in [-0.4, -0.2) is 5.78 Å². The Morgan fingerprint density at radius 2 is 2.00 bits per heavy atom. The molecule has 0 aromatic heterocycles. The Hall–Kier alpha value is -0.590. The highest BCUT2D eigenvalue weighted by Gasteiger charge is 2.31. The molecule has 0 aliphatic heterocycles. The number of carbonyl (C=O) groups is 1. The maximum absolute atomic E-state index is 11.7. The summed E-state index contributed by atoms with van der Waals surface area (Å²) in [6.45, 7) is 10.2. The smallest absolute Gasteiger partial charge is 0.161 e. The van der Waals surface area contributed by atoms with Gasteiger partial charge in [0.1, 0.15) is 0 Å². The predicted octanol–water partition coefficient (Wildman–Crippen LogP) is 2.81. The van der Waals surface area contributed by atoms with Gasteiger partial charge in [0.25, 0.3) is 0 Å². The lowest BCUT2D eigenvalue weighted by Crippen LogP contribution is -2.29. The molecule has 68 valence electrons. The lowest BCUT2D eigenvalue weighted by molar-refractivity contribution is -0.122. The van der Waals surface area contributed by atoms with Gasteiger partial charge in [-0.15, -0.1) is 0 Å². The first-order valence-corrected chi connectivity index (χ1v) is 4.77. The van der Waals surface area contributed by atoms with Gasteiger partial charge in [0.2, 0.25) is 0 Å². The van der Waals surface area contributed by atoms with E-state index in [0.29, 0.717) is 17.6 Å². The van der Waals surface area contributed by atoms with Crippen LogP contribution in [0.4, 0.5) is 0 Å². The van der Waals surface area contributed by atoms with E-state index in [1.165, 1.54) is 0 Å². The third kappa shape index (κ3) is 1.60. The average molecular weight is 166 g/mol. The first kappa shape index (κ1) is 9.50. The van der Waals surface area contributed by atoms with Crippen LogP contribution < -0.4 is 0 Å². The molecule has 0 N–H and O–H groups in total. The monoisotopic (exact) mass is 166 g/mol. The van der Waals surface area contributed by atoms with Gasteiger partial charge in [-0.2, -0.15) is 0 Å². The van der Waals surface area contributed by atoms with Gasteiger partial charge in [0, 0.05) is 5.92 Å². The molecular weight excluding hydrogens is 148 g/mol. The number of rotatable bonds is 1. The maximum Gasteiger partial charge on any atom is 0.161 e. The van der Waals surface area contributed by atoms with Crippen LogP contribution in [0.15, 0.2) is 12.2 Å². The van der Waals surface area contributed by atoms with Crippen LogP contribution in [0.3, 0.4) is 0 Å². The van der Waals surface area contributed by atoms with Crippen molar-refractivity contribution in [3.63, 3.8) is 0 Å². The second-order valence-corrected chi connectivity index (χ2v) is 4.22. The van der Waals surface area contributed by atoms with Crippen LogP contribution in [0.25, 0.3) is 0 Å². The van der Waals surface area contributed by atoms with Crippen molar-refractivity contribution in [2.45, 2.75) is 33.6 Å². The third-order valence-corrected chi connectivity index (χ3v) is 2.96. The van der Waals surface area contributed by atoms with Crippen LogP contribution in [0, 0.1) is 17.8 Å². The molecule has 1 nitrogen and oxygen atoms in total. The van der Waals surface area contributed by atoms with Gasteiger partial charge in [-0.25, -0.2) is 0 Å². The Kier molecular flexibility index (Phi) is 2.71. The van der Waals surface area contributed by atoms with Gasteiger partial charge in [-0.1, -0.05) is 27.4 Å². The molecule has 1 fully saturated rings. The predicted molar refractivity (Wildman–Crippen MR) is 50.9 cm³/mol. The summed E-state index contributed by atoms with van der Waals surface area (Å²) in [7, 11) is 0. The highest BCUT2D eigenvalue weighted by atomic mass is 16.1. The van der Waals surface area contributed by atoms with E-state index in [2.05, 4.69) is 27.4 Å². The summed E-state index contributed by atoms with van der Waals surface area (Å²) in [5, 5.41) is 0. The Morgan fingerprint density at radius 3 is 2.50 bits per heavy atom. The summed E-state index contributed by atoms with van der Waals surface area (Å²) in [4.78, 5) is 11.7. The Balaban J connectivity index is 2.72. The fraction of sp³-hybridized carbons (Fsp3) is 0.727. The van der Waals surface area contributed by atoms with Crippen LogP contribution >= 0.6 is 0 Å². The number of hydrogen-bond donors (Lipinski definition) is 0. The average Bonchev–Trinajstić information content (AvgIpc) is 2.00. The lowest BCUT2D eigenvalue weighted by atomic mass is 9.74. The van der Waals surface area contributed by atoms with E-state index >= 15 is 0 Å². The minimum Gasteiger partial charge on any atom is -0.294 e. The molecular formula is C11H18O. The SMILES string of the molecule is C=C1C(=O)C(C(C)C)CC[C@H]1C. The molecule has 0 saturated heterocycles. The molecule has 1 heteroatoms. The zero-order valence-electron chi connectivity index (χ0n) is 8.26. The molecule has 0 amide bonds. The second-order valence-electron chi connectivity index (χ2n) is 4.22. The standard InChI is InChI=1S/C11H18O/c1-7(2)10-6-5-8(3)9(4)11(10)12/h7-8,10H,4-6H2,1-3H3/t8-,10?/m1/s1. The summed E-state index contributed by atoms with van der Waals surface area (Å²) in [5.74, 6) is 1.44. The normalized spacial score (nSPS) is 31.3. The van der Waals surface area contributed by atoms with E-state index in [1.807, 2.05) is 0 Å². The van der Waals surface area contributed by atoms with Gasteiger partial charge < -0.3 is 0 Å². The number of Topliss-reactive ketones (excluding diaryl/α,β-unsaturated/α-hetero) is 1. The van der Waals surface area contributed by atoms with Gasteiger partial charge in [0.15, 0.2) is 5.78 Å². The van der Waals surface area contributed by atoms with Crippen molar-refractivity contribution < 1.29 is 4.79 Å². The lowest BCUT2D eigenvalue weighted by Gasteiger charge is -2.29. The van der Waals surface area contributed by atoms with Gasteiger partial charge >= 0.3 is 0 Å². The molecule has 2 atom stereocenters. The van der Waals surface area contributed by atoms with Gasteiger partial charge in [0.05, 0.1) is 0 Å². The minimum atomic E-state index is 0.244. The molecule has 0 heterocycles. The van der Waals surface area contributed by atoms with Crippen molar-refractivity contribution in [3.8, 4) is 0 Å². The molecule has 0 bridgehead atoms. The molecule has 1 unspecified atom stereocenters. The zero-order chi connectivity index (χ0) is 9.30. The van der Waals surface area contributed by atoms with Crippen molar-refractivity contribution in [3.05, 3.63) is 12.2 Å². The van der Waals surface area contributed by atoms with Crippen molar-refractivity contribution in [2.24, 2.45) is 17.8 Å². The van der Waals surface area contributed by atoms with Crippen molar-refractivity contribution >= 4 is 5.78 Å². The van der Waals surface area contributed by atoms with Crippen molar-refractivity contribution in [2.75, 3.05) is 0 Å². The zero-order valence-corrected chi connectivity index (χ0v) is 8.26. The molecule has 0 aromatic rings. The summed E-state index contributed by atoms with van der Waals surface area (Å²) < 4.78 is 0. The Labute approximate surface area is 74.9 Å². The molecule has 1 rings (SSSR count). The number of carbonyl (C=O) groups excluding carboxylic acids is 1. The third-order valence-electron chi connectivity index (χ3n) is 2.96. The molecule has 0 aromatic carbocycles. The molecule has 0 radical (unpaired) electrons. The van der Waals surface area contributed by atoms with Crippen molar-refractivity contribution in [1.29, 1.82) is 0 Å². The van der Waals surface area contributed by atoms with Crippen LogP contribution in [0.2, 0.25) is 0 Å². The highest BCUT2D eigenvalue weighted by molar-refractivity contribution is 5.97. The fourth-order valence-electron chi connectivity index (χ4n) is 1.85. The minimum absolute atomic E-state index is 0.244. The second kappa shape index (κ2) is 3.42.